The molecule has 1 aromatic carbocycles. The lowest BCUT2D eigenvalue weighted by molar-refractivity contribution is -0.110. The van der Waals surface area contributed by atoms with Gasteiger partial charge in [0, 0.05) is 24.7 Å². The van der Waals surface area contributed by atoms with Gasteiger partial charge in [0.05, 0.1) is 0 Å². The Balaban J connectivity index is 2.02. The fourth-order valence-electron chi connectivity index (χ4n) is 2.16. The normalized spacial score (nSPS) is 19.8. The zero-order valence-corrected chi connectivity index (χ0v) is 9.63. The number of rotatable bonds is 3. The molecular formula is C13H16N2O2. The Labute approximate surface area is 101 Å². The van der Waals surface area contributed by atoms with Crippen molar-refractivity contribution >= 4 is 12.3 Å². The Morgan fingerprint density at radius 2 is 2.12 bits per heavy atom. The van der Waals surface area contributed by atoms with Gasteiger partial charge in [-0.25, -0.2) is 0 Å². The summed E-state index contributed by atoms with van der Waals surface area (Å²) in [6.07, 6.45) is 2.59. The minimum atomic E-state index is 0.0444. The van der Waals surface area contributed by atoms with Crippen molar-refractivity contribution in [2.24, 2.45) is 0 Å². The highest BCUT2D eigenvalue weighted by molar-refractivity contribution is 5.94. The van der Waals surface area contributed by atoms with Crippen LogP contribution in [0.1, 0.15) is 23.2 Å². The average Bonchev–Trinajstić information content (AvgIpc) is 2.40. The lowest BCUT2D eigenvalue weighted by Crippen LogP contribution is -2.47. The topological polar surface area (TPSA) is 49.4 Å². The van der Waals surface area contributed by atoms with E-state index >= 15 is 0 Å². The largest absolute Gasteiger partial charge is 0.354 e. The summed E-state index contributed by atoms with van der Waals surface area (Å²) in [7, 11) is 0. The number of benzene rings is 1. The summed E-state index contributed by atoms with van der Waals surface area (Å²) < 4.78 is 0. The third-order valence-electron chi connectivity index (χ3n) is 3.03. The van der Waals surface area contributed by atoms with Crippen molar-refractivity contribution in [1.29, 1.82) is 0 Å². The Bertz CT molecular complexity index is 392. The predicted molar refractivity (Wildman–Crippen MR) is 64.6 cm³/mol. The number of amides is 2. The van der Waals surface area contributed by atoms with E-state index in [-0.39, 0.29) is 11.9 Å². The van der Waals surface area contributed by atoms with E-state index in [9.17, 15) is 9.59 Å². The number of carbonyl (C=O) groups is 2. The zero-order valence-electron chi connectivity index (χ0n) is 9.63. The first-order valence-electron chi connectivity index (χ1n) is 5.85. The molecule has 1 heterocycles. The number of hydrogen-bond acceptors (Lipinski definition) is 2. The Morgan fingerprint density at radius 3 is 2.82 bits per heavy atom. The molecule has 1 aliphatic heterocycles. The summed E-state index contributed by atoms with van der Waals surface area (Å²) in [6.45, 7) is 1.37. The molecule has 0 saturated carbocycles. The molecule has 0 bridgehead atoms. The number of nitrogens with one attached hydrogen (secondary N) is 1. The molecule has 2 rings (SSSR count). The molecule has 1 fully saturated rings. The van der Waals surface area contributed by atoms with Gasteiger partial charge in [0.1, 0.15) is 0 Å². The molecule has 0 aromatic heterocycles. The number of hydrogen-bond donors (Lipinski definition) is 1. The maximum Gasteiger partial charge on any atom is 0.253 e. The monoisotopic (exact) mass is 232 g/mol. The Morgan fingerprint density at radius 1 is 1.35 bits per heavy atom. The molecule has 1 N–H and O–H groups in total. The quantitative estimate of drug-likeness (QED) is 0.791. The summed E-state index contributed by atoms with van der Waals surface area (Å²) in [4.78, 5) is 24.4. The predicted octanol–water partition coefficient (Wildman–Crippen LogP) is 1.04. The number of nitrogens with zero attached hydrogens (tertiary/aromatic N) is 1. The molecule has 1 atom stereocenters. The first-order valence-corrected chi connectivity index (χ1v) is 5.85. The van der Waals surface area contributed by atoms with E-state index in [4.69, 9.17) is 0 Å². The van der Waals surface area contributed by atoms with E-state index in [1.165, 1.54) is 0 Å². The van der Waals surface area contributed by atoms with Crippen LogP contribution in [0.4, 0.5) is 0 Å². The minimum absolute atomic E-state index is 0.0444. The van der Waals surface area contributed by atoms with Crippen LogP contribution in [0.3, 0.4) is 0 Å². The molecule has 4 heteroatoms. The SMILES string of the molecule is O=CN[C@H]1CCCN(C(=O)c2ccccc2)C1. The second kappa shape index (κ2) is 5.48. The van der Waals surface area contributed by atoms with Gasteiger partial charge in [-0.05, 0) is 25.0 Å². The number of piperidine rings is 1. The summed E-state index contributed by atoms with van der Waals surface area (Å²) in [5, 5.41) is 2.75. The van der Waals surface area contributed by atoms with E-state index in [0.717, 1.165) is 19.4 Å². The third-order valence-corrected chi connectivity index (χ3v) is 3.03. The summed E-state index contributed by atoms with van der Waals surface area (Å²) in [5.74, 6) is 0.0444. The standard InChI is InChI=1S/C13H16N2O2/c16-10-14-12-7-4-8-15(9-12)13(17)11-5-2-1-3-6-11/h1-3,5-6,10,12H,4,7-9H2,(H,14,16)/t12-/m0/s1. The van der Waals surface area contributed by atoms with Crippen LogP contribution in [0.5, 0.6) is 0 Å². The maximum atomic E-state index is 12.2. The van der Waals surface area contributed by atoms with Crippen molar-refractivity contribution in [2.75, 3.05) is 13.1 Å². The third kappa shape index (κ3) is 2.84. The van der Waals surface area contributed by atoms with Gasteiger partial charge in [0.25, 0.3) is 5.91 Å². The van der Waals surface area contributed by atoms with E-state index < -0.39 is 0 Å². The van der Waals surface area contributed by atoms with Gasteiger partial charge in [0.2, 0.25) is 6.41 Å². The molecule has 2 amide bonds. The van der Waals surface area contributed by atoms with Crippen molar-refractivity contribution in [3.8, 4) is 0 Å². The molecule has 17 heavy (non-hydrogen) atoms. The highest BCUT2D eigenvalue weighted by atomic mass is 16.2. The van der Waals surface area contributed by atoms with Crippen LogP contribution in [0.25, 0.3) is 0 Å². The van der Waals surface area contributed by atoms with E-state index in [1.807, 2.05) is 30.3 Å². The summed E-state index contributed by atoms with van der Waals surface area (Å²) in [5.41, 5.74) is 0.708. The highest BCUT2D eigenvalue weighted by Crippen LogP contribution is 2.13. The van der Waals surface area contributed by atoms with Crippen LogP contribution in [-0.2, 0) is 4.79 Å². The molecule has 0 unspecified atom stereocenters. The van der Waals surface area contributed by atoms with Crippen molar-refractivity contribution in [2.45, 2.75) is 18.9 Å². The van der Waals surface area contributed by atoms with Crippen molar-refractivity contribution in [3.63, 3.8) is 0 Å². The first-order chi connectivity index (χ1) is 8.31. The zero-order chi connectivity index (χ0) is 12.1. The van der Waals surface area contributed by atoms with Crippen LogP contribution in [0.2, 0.25) is 0 Å². The van der Waals surface area contributed by atoms with Gasteiger partial charge in [0.15, 0.2) is 0 Å². The molecule has 1 aromatic rings. The van der Waals surface area contributed by atoms with Crippen molar-refractivity contribution in [3.05, 3.63) is 35.9 Å². The first kappa shape index (κ1) is 11.6. The molecule has 0 aliphatic carbocycles. The van der Waals surface area contributed by atoms with Crippen LogP contribution < -0.4 is 5.32 Å². The van der Waals surface area contributed by atoms with E-state index in [1.54, 1.807) is 4.90 Å². The fourth-order valence-corrected chi connectivity index (χ4v) is 2.16. The molecule has 90 valence electrons. The molecule has 0 spiro atoms. The smallest absolute Gasteiger partial charge is 0.253 e. The lowest BCUT2D eigenvalue weighted by Gasteiger charge is -2.32. The Kier molecular flexibility index (Phi) is 3.75. The maximum absolute atomic E-state index is 12.2. The van der Waals surface area contributed by atoms with Crippen LogP contribution in [0.15, 0.2) is 30.3 Å². The van der Waals surface area contributed by atoms with Gasteiger partial charge in [-0.15, -0.1) is 0 Å². The Hall–Kier alpha value is -1.84. The lowest BCUT2D eigenvalue weighted by atomic mass is 10.0. The highest BCUT2D eigenvalue weighted by Gasteiger charge is 2.23. The number of likely N-dealkylation sites (tertiary alicyclic amines) is 1. The fraction of sp³-hybridized carbons (Fsp3) is 0.385. The van der Waals surface area contributed by atoms with Crippen LogP contribution in [-0.4, -0.2) is 36.3 Å². The summed E-state index contributed by atoms with van der Waals surface area (Å²) >= 11 is 0. The van der Waals surface area contributed by atoms with Crippen LogP contribution in [0, 0.1) is 0 Å². The van der Waals surface area contributed by atoms with Gasteiger partial charge >= 0.3 is 0 Å². The second-order valence-corrected chi connectivity index (χ2v) is 4.24. The summed E-state index contributed by atoms with van der Waals surface area (Å²) in [6, 6.07) is 9.34. The average molecular weight is 232 g/mol. The van der Waals surface area contributed by atoms with Gasteiger partial charge in [-0.3, -0.25) is 9.59 Å². The van der Waals surface area contributed by atoms with Gasteiger partial charge in [-0.1, -0.05) is 18.2 Å². The molecule has 1 aliphatic rings. The van der Waals surface area contributed by atoms with Crippen LogP contribution >= 0.6 is 0 Å². The van der Waals surface area contributed by atoms with Gasteiger partial charge in [-0.2, -0.15) is 0 Å². The molecular weight excluding hydrogens is 216 g/mol. The second-order valence-electron chi connectivity index (χ2n) is 4.24. The minimum Gasteiger partial charge on any atom is -0.354 e. The number of carbonyl (C=O) groups excluding carboxylic acids is 2. The van der Waals surface area contributed by atoms with Crippen molar-refractivity contribution in [1.82, 2.24) is 10.2 Å². The van der Waals surface area contributed by atoms with E-state index in [0.29, 0.717) is 18.5 Å². The van der Waals surface area contributed by atoms with E-state index in [2.05, 4.69) is 5.32 Å². The molecule has 4 nitrogen and oxygen atoms in total. The van der Waals surface area contributed by atoms with Gasteiger partial charge < -0.3 is 10.2 Å². The van der Waals surface area contributed by atoms with Crippen molar-refractivity contribution < 1.29 is 9.59 Å². The molecule has 1 saturated heterocycles. The molecule has 0 radical (unpaired) electrons.